The Morgan fingerprint density at radius 2 is 2.21 bits per heavy atom. The molecule has 1 heterocycles. The van der Waals surface area contributed by atoms with E-state index in [1.807, 2.05) is 13.0 Å². The number of amides is 1. The highest BCUT2D eigenvalue weighted by Gasteiger charge is 2.22. The van der Waals surface area contributed by atoms with E-state index < -0.39 is 22.0 Å². The van der Waals surface area contributed by atoms with Gasteiger partial charge in [0.2, 0.25) is 15.9 Å². The Bertz CT molecular complexity index is 883. The molecule has 1 unspecified atom stereocenters. The molecule has 1 atom stereocenters. The molecule has 8 nitrogen and oxygen atoms in total. The zero-order chi connectivity index (χ0) is 17.7. The van der Waals surface area contributed by atoms with Crippen LogP contribution in [0.5, 0.6) is 0 Å². The summed E-state index contributed by atoms with van der Waals surface area (Å²) in [4.78, 5) is 12.0. The summed E-state index contributed by atoms with van der Waals surface area (Å²) in [6.45, 7) is 4.00. The first-order valence-corrected chi connectivity index (χ1v) is 8.70. The van der Waals surface area contributed by atoms with Gasteiger partial charge in [-0.2, -0.15) is 15.1 Å². The van der Waals surface area contributed by atoms with E-state index in [9.17, 15) is 13.2 Å². The first-order chi connectivity index (χ1) is 11.4. The van der Waals surface area contributed by atoms with Crippen LogP contribution in [0.15, 0.2) is 41.6 Å². The van der Waals surface area contributed by atoms with Crippen LogP contribution < -0.4 is 10.0 Å². The third kappa shape index (κ3) is 4.18. The van der Waals surface area contributed by atoms with Crippen molar-refractivity contribution in [1.82, 2.24) is 14.5 Å². The lowest BCUT2D eigenvalue weighted by atomic mass is 10.2. The lowest BCUT2D eigenvalue weighted by molar-refractivity contribution is -0.117. The van der Waals surface area contributed by atoms with E-state index in [1.54, 1.807) is 10.9 Å². The smallest absolute Gasteiger partial charge is 0.242 e. The van der Waals surface area contributed by atoms with Crippen LogP contribution in [0, 0.1) is 11.3 Å². The number of nitrogens with one attached hydrogen (secondary N) is 2. The number of carbonyl (C=O) groups excluding carboxylic acids is 1. The van der Waals surface area contributed by atoms with Crippen LogP contribution in [-0.2, 0) is 21.4 Å². The first kappa shape index (κ1) is 17.7. The molecule has 0 saturated heterocycles. The largest absolute Gasteiger partial charge is 0.322 e. The van der Waals surface area contributed by atoms with Gasteiger partial charge < -0.3 is 5.32 Å². The summed E-state index contributed by atoms with van der Waals surface area (Å²) >= 11 is 0. The first-order valence-electron chi connectivity index (χ1n) is 7.21. The number of nitrogens with zero attached hydrogens (tertiary/aromatic N) is 3. The summed E-state index contributed by atoms with van der Waals surface area (Å²) in [5.41, 5.74) is 0.710. The van der Waals surface area contributed by atoms with Crippen molar-refractivity contribution in [2.75, 3.05) is 5.32 Å². The molecule has 2 rings (SSSR count). The van der Waals surface area contributed by atoms with E-state index in [0.29, 0.717) is 12.2 Å². The average molecular weight is 347 g/mol. The predicted octanol–water partition coefficient (Wildman–Crippen LogP) is 1.08. The minimum absolute atomic E-state index is 0.0694. The maximum absolute atomic E-state index is 12.3. The Kier molecular flexibility index (Phi) is 5.33. The van der Waals surface area contributed by atoms with Crippen LogP contribution in [0.25, 0.3) is 0 Å². The summed E-state index contributed by atoms with van der Waals surface area (Å²) in [6, 6.07) is 6.46. The molecular formula is C15H17N5O3S. The number of benzene rings is 1. The van der Waals surface area contributed by atoms with Gasteiger partial charge in [-0.15, -0.1) is 0 Å². The number of sulfonamides is 1. The number of aryl methyl sites for hydroxylation is 1. The summed E-state index contributed by atoms with van der Waals surface area (Å²) < 4.78 is 28.5. The van der Waals surface area contributed by atoms with Crippen molar-refractivity contribution in [1.29, 1.82) is 5.26 Å². The second-order valence-corrected chi connectivity index (χ2v) is 6.77. The molecular weight excluding hydrogens is 330 g/mol. The maximum Gasteiger partial charge on any atom is 0.242 e. The molecule has 2 aromatic rings. The van der Waals surface area contributed by atoms with Gasteiger partial charge in [0.15, 0.2) is 0 Å². The Labute approximate surface area is 140 Å². The second kappa shape index (κ2) is 7.25. The fourth-order valence-electron chi connectivity index (χ4n) is 1.94. The average Bonchev–Trinajstić information content (AvgIpc) is 3.02. The standard InChI is InChI=1S/C15H17N5O3S/c1-3-20-10-13(9-17-20)18-15(21)11(2)19-24(22,23)14-6-4-5-12(7-14)8-16/h4-7,9-11,19H,3H2,1-2H3,(H,18,21). The Morgan fingerprint density at radius 1 is 1.46 bits per heavy atom. The third-order valence-corrected chi connectivity index (χ3v) is 4.76. The van der Waals surface area contributed by atoms with Crippen molar-refractivity contribution < 1.29 is 13.2 Å². The Hall–Kier alpha value is -2.70. The van der Waals surface area contributed by atoms with Gasteiger partial charge in [0.05, 0.1) is 34.5 Å². The summed E-state index contributed by atoms with van der Waals surface area (Å²) in [5, 5.41) is 15.5. The van der Waals surface area contributed by atoms with Crippen molar-refractivity contribution in [3.63, 3.8) is 0 Å². The maximum atomic E-state index is 12.3. The van der Waals surface area contributed by atoms with E-state index in [1.165, 1.54) is 37.4 Å². The molecule has 24 heavy (non-hydrogen) atoms. The number of rotatable bonds is 6. The Balaban J connectivity index is 2.08. The predicted molar refractivity (Wildman–Crippen MR) is 87.5 cm³/mol. The molecule has 0 bridgehead atoms. The number of hydrogen-bond acceptors (Lipinski definition) is 5. The van der Waals surface area contributed by atoms with Gasteiger partial charge in [0.25, 0.3) is 0 Å². The van der Waals surface area contributed by atoms with Gasteiger partial charge in [0, 0.05) is 12.7 Å². The topological polar surface area (TPSA) is 117 Å². The minimum Gasteiger partial charge on any atom is -0.322 e. The van der Waals surface area contributed by atoms with Crippen molar-refractivity contribution >= 4 is 21.6 Å². The zero-order valence-electron chi connectivity index (χ0n) is 13.2. The van der Waals surface area contributed by atoms with Crippen LogP contribution in [0.2, 0.25) is 0 Å². The van der Waals surface area contributed by atoms with Gasteiger partial charge in [-0.1, -0.05) is 6.07 Å². The summed E-state index contributed by atoms with van der Waals surface area (Å²) in [5.74, 6) is -0.509. The van der Waals surface area contributed by atoms with Crippen LogP contribution in [0.4, 0.5) is 5.69 Å². The fraction of sp³-hybridized carbons (Fsp3) is 0.267. The highest BCUT2D eigenvalue weighted by atomic mass is 32.2. The molecule has 126 valence electrons. The van der Waals surface area contributed by atoms with Crippen LogP contribution in [0.3, 0.4) is 0 Å². The number of carbonyl (C=O) groups is 1. The van der Waals surface area contributed by atoms with Crippen molar-refractivity contribution in [3.05, 3.63) is 42.2 Å². The third-order valence-electron chi connectivity index (χ3n) is 3.22. The molecule has 0 saturated carbocycles. The molecule has 0 aliphatic carbocycles. The molecule has 2 N–H and O–H groups in total. The molecule has 1 aromatic heterocycles. The van der Waals surface area contributed by atoms with E-state index in [0.717, 1.165) is 0 Å². The van der Waals surface area contributed by atoms with Crippen LogP contribution in [-0.4, -0.2) is 30.1 Å². The van der Waals surface area contributed by atoms with E-state index in [-0.39, 0.29) is 10.5 Å². The summed E-state index contributed by atoms with van der Waals surface area (Å²) in [7, 11) is -3.91. The molecule has 0 aliphatic heterocycles. The highest BCUT2D eigenvalue weighted by molar-refractivity contribution is 7.89. The molecule has 0 aliphatic rings. The van der Waals surface area contributed by atoms with Gasteiger partial charge in [-0.3, -0.25) is 9.48 Å². The number of aromatic nitrogens is 2. The Morgan fingerprint density at radius 3 is 2.83 bits per heavy atom. The monoisotopic (exact) mass is 347 g/mol. The fourth-order valence-corrected chi connectivity index (χ4v) is 3.19. The normalized spacial score (nSPS) is 12.4. The lowest BCUT2D eigenvalue weighted by Crippen LogP contribution is -2.41. The van der Waals surface area contributed by atoms with Gasteiger partial charge in [-0.05, 0) is 32.0 Å². The number of anilines is 1. The molecule has 1 aromatic carbocycles. The highest BCUT2D eigenvalue weighted by Crippen LogP contribution is 2.12. The van der Waals surface area contributed by atoms with Crippen molar-refractivity contribution in [2.24, 2.45) is 0 Å². The van der Waals surface area contributed by atoms with Gasteiger partial charge in [0.1, 0.15) is 0 Å². The van der Waals surface area contributed by atoms with Crippen molar-refractivity contribution in [3.8, 4) is 6.07 Å². The van der Waals surface area contributed by atoms with Crippen LogP contribution >= 0.6 is 0 Å². The molecule has 9 heteroatoms. The minimum atomic E-state index is -3.91. The van der Waals surface area contributed by atoms with Gasteiger partial charge >= 0.3 is 0 Å². The SMILES string of the molecule is CCn1cc(NC(=O)C(C)NS(=O)(=O)c2cccc(C#N)c2)cn1. The van der Waals surface area contributed by atoms with Crippen LogP contribution in [0.1, 0.15) is 19.4 Å². The molecule has 0 fully saturated rings. The van der Waals surface area contributed by atoms with Crippen molar-refractivity contribution in [2.45, 2.75) is 31.3 Å². The molecule has 1 amide bonds. The van der Waals surface area contributed by atoms with E-state index in [2.05, 4.69) is 15.1 Å². The van der Waals surface area contributed by atoms with E-state index >= 15 is 0 Å². The zero-order valence-corrected chi connectivity index (χ0v) is 14.0. The second-order valence-electron chi connectivity index (χ2n) is 5.06. The number of nitriles is 1. The lowest BCUT2D eigenvalue weighted by Gasteiger charge is -2.13. The quantitative estimate of drug-likeness (QED) is 0.811. The number of hydrogen-bond donors (Lipinski definition) is 2. The van der Waals surface area contributed by atoms with E-state index in [4.69, 9.17) is 5.26 Å². The molecule has 0 spiro atoms. The van der Waals surface area contributed by atoms with Gasteiger partial charge in [-0.25, -0.2) is 8.42 Å². The summed E-state index contributed by atoms with van der Waals surface area (Å²) in [6.07, 6.45) is 3.13. The molecule has 0 radical (unpaired) electrons.